The Hall–Kier alpha value is -1.55. The molecule has 0 saturated carbocycles. The molecule has 0 spiro atoms. The monoisotopic (exact) mass is 220 g/mol. The van der Waals surface area contributed by atoms with Crippen LogP contribution in [0.1, 0.15) is 13.3 Å². The van der Waals surface area contributed by atoms with Crippen LogP contribution in [-0.4, -0.2) is 24.2 Å². The molecule has 0 radical (unpaired) electrons. The molecule has 86 valence electrons. The van der Waals surface area contributed by atoms with Gasteiger partial charge in [0.25, 0.3) is 0 Å². The third-order valence-corrected chi connectivity index (χ3v) is 3.02. The van der Waals surface area contributed by atoms with Gasteiger partial charge in [-0.3, -0.25) is 15.2 Å². The van der Waals surface area contributed by atoms with Crippen LogP contribution in [0.5, 0.6) is 0 Å². The summed E-state index contributed by atoms with van der Waals surface area (Å²) < 4.78 is 0. The molecule has 16 heavy (non-hydrogen) atoms. The Labute approximate surface area is 94.9 Å². The van der Waals surface area contributed by atoms with Crippen LogP contribution in [0.15, 0.2) is 30.3 Å². The smallest absolute Gasteiger partial charge is 0.246 e. The molecule has 2 N–H and O–H groups in total. The number of nitrogens with zero attached hydrogens (tertiary/aromatic N) is 1. The molecule has 0 aromatic heterocycles. The number of para-hydroxylation sites is 1. The van der Waals surface area contributed by atoms with E-state index in [1.807, 2.05) is 42.3 Å². The van der Waals surface area contributed by atoms with Gasteiger partial charge in [0.05, 0.1) is 17.6 Å². The molecule has 1 heterocycles. The van der Waals surface area contributed by atoms with Gasteiger partial charge in [0, 0.05) is 6.61 Å². The van der Waals surface area contributed by atoms with E-state index in [4.69, 9.17) is 5.11 Å². The summed E-state index contributed by atoms with van der Waals surface area (Å²) in [5.74, 6) is -0.0228. The highest BCUT2D eigenvalue weighted by Crippen LogP contribution is 2.30. The lowest BCUT2D eigenvalue weighted by molar-refractivity contribution is -0.127. The molecule has 2 rings (SSSR count). The van der Waals surface area contributed by atoms with Crippen LogP contribution < -0.4 is 10.4 Å². The zero-order valence-corrected chi connectivity index (χ0v) is 9.31. The second kappa shape index (κ2) is 4.14. The van der Waals surface area contributed by atoms with Crippen molar-refractivity contribution >= 4 is 11.6 Å². The van der Waals surface area contributed by atoms with E-state index in [2.05, 4.69) is 5.43 Å². The van der Waals surface area contributed by atoms with E-state index in [0.717, 1.165) is 5.69 Å². The predicted octanol–water partition coefficient (Wildman–Crippen LogP) is 0.926. The lowest BCUT2D eigenvalue weighted by Crippen LogP contribution is -2.33. The van der Waals surface area contributed by atoms with Gasteiger partial charge < -0.3 is 5.11 Å². The van der Waals surface area contributed by atoms with Gasteiger partial charge >= 0.3 is 0 Å². The second-order valence-corrected chi connectivity index (χ2v) is 4.40. The Bertz CT molecular complexity index is 380. The lowest BCUT2D eigenvalue weighted by Gasteiger charge is -2.20. The average Bonchev–Trinajstić information content (AvgIpc) is 2.57. The van der Waals surface area contributed by atoms with Gasteiger partial charge in [-0.2, -0.15) is 0 Å². The SMILES string of the molecule is CC1(CCO)CN(c2ccccc2)NC1=O. The number of hydrogen-bond donors (Lipinski definition) is 2. The third kappa shape index (κ3) is 1.88. The number of hydrazine groups is 1. The van der Waals surface area contributed by atoms with Crippen LogP contribution in [0, 0.1) is 5.41 Å². The summed E-state index contributed by atoms with van der Waals surface area (Å²) in [5.41, 5.74) is 3.30. The van der Waals surface area contributed by atoms with Crippen molar-refractivity contribution in [3.05, 3.63) is 30.3 Å². The van der Waals surface area contributed by atoms with Crippen molar-refractivity contribution in [3.8, 4) is 0 Å². The number of carbonyl (C=O) groups excluding carboxylic acids is 1. The molecular weight excluding hydrogens is 204 g/mol. The minimum Gasteiger partial charge on any atom is -0.396 e. The molecule has 1 unspecified atom stereocenters. The summed E-state index contributed by atoms with van der Waals surface area (Å²) in [6.07, 6.45) is 0.488. The van der Waals surface area contributed by atoms with E-state index in [-0.39, 0.29) is 12.5 Å². The molecular formula is C12H16N2O2. The van der Waals surface area contributed by atoms with Crippen molar-refractivity contribution in [2.24, 2.45) is 5.41 Å². The van der Waals surface area contributed by atoms with Gasteiger partial charge in [0.2, 0.25) is 5.91 Å². The number of rotatable bonds is 3. The number of hydrogen-bond acceptors (Lipinski definition) is 3. The summed E-state index contributed by atoms with van der Waals surface area (Å²) >= 11 is 0. The molecule has 4 nitrogen and oxygen atoms in total. The fourth-order valence-electron chi connectivity index (χ4n) is 1.92. The Morgan fingerprint density at radius 3 is 2.75 bits per heavy atom. The van der Waals surface area contributed by atoms with Crippen molar-refractivity contribution < 1.29 is 9.90 Å². The highest BCUT2D eigenvalue weighted by Gasteiger charge is 2.41. The van der Waals surface area contributed by atoms with Gasteiger partial charge in [-0.25, -0.2) is 0 Å². The molecule has 1 atom stereocenters. The van der Waals surface area contributed by atoms with Crippen molar-refractivity contribution in [1.29, 1.82) is 0 Å². The number of aliphatic hydroxyl groups excluding tert-OH is 1. The Morgan fingerprint density at radius 2 is 2.12 bits per heavy atom. The van der Waals surface area contributed by atoms with E-state index in [0.29, 0.717) is 13.0 Å². The maximum Gasteiger partial charge on any atom is 0.246 e. The number of nitrogens with one attached hydrogen (secondary N) is 1. The van der Waals surface area contributed by atoms with Gasteiger partial charge in [-0.15, -0.1) is 0 Å². The maximum atomic E-state index is 11.8. The largest absolute Gasteiger partial charge is 0.396 e. The van der Waals surface area contributed by atoms with Crippen LogP contribution in [0.2, 0.25) is 0 Å². The van der Waals surface area contributed by atoms with Crippen LogP contribution in [-0.2, 0) is 4.79 Å². The molecule has 1 saturated heterocycles. The summed E-state index contributed by atoms with van der Waals surface area (Å²) in [6.45, 7) is 2.50. The summed E-state index contributed by atoms with van der Waals surface area (Å²) in [4.78, 5) is 11.8. The zero-order valence-electron chi connectivity index (χ0n) is 9.31. The van der Waals surface area contributed by atoms with Crippen molar-refractivity contribution in [3.63, 3.8) is 0 Å². The summed E-state index contributed by atoms with van der Waals surface area (Å²) in [6, 6.07) is 9.70. The van der Waals surface area contributed by atoms with Crippen LogP contribution in [0.4, 0.5) is 5.69 Å². The van der Waals surface area contributed by atoms with Gasteiger partial charge in [0.15, 0.2) is 0 Å². The molecule has 0 bridgehead atoms. The Kier molecular flexibility index (Phi) is 2.83. The predicted molar refractivity (Wildman–Crippen MR) is 61.7 cm³/mol. The number of anilines is 1. The summed E-state index contributed by atoms with van der Waals surface area (Å²) in [7, 11) is 0. The van der Waals surface area contributed by atoms with Crippen molar-refractivity contribution in [2.75, 3.05) is 18.2 Å². The first-order valence-electron chi connectivity index (χ1n) is 5.40. The van der Waals surface area contributed by atoms with Crippen molar-refractivity contribution in [1.82, 2.24) is 5.43 Å². The molecule has 1 fully saturated rings. The zero-order chi connectivity index (χ0) is 11.6. The molecule has 1 aromatic carbocycles. The first kappa shape index (κ1) is 11.0. The van der Waals surface area contributed by atoms with E-state index in [9.17, 15) is 4.79 Å². The quantitative estimate of drug-likeness (QED) is 0.796. The first-order valence-corrected chi connectivity index (χ1v) is 5.40. The molecule has 0 aliphatic carbocycles. The average molecular weight is 220 g/mol. The number of aliphatic hydroxyl groups is 1. The molecule has 1 amide bonds. The minimum atomic E-state index is -0.495. The fourth-order valence-corrected chi connectivity index (χ4v) is 1.92. The molecule has 1 aliphatic rings. The van der Waals surface area contributed by atoms with Crippen molar-refractivity contribution in [2.45, 2.75) is 13.3 Å². The van der Waals surface area contributed by atoms with E-state index in [1.165, 1.54) is 0 Å². The maximum absolute atomic E-state index is 11.8. The highest BCUT2D eigenvalue weighted by molar-refractivity contribution is 5.87. The van der Waals surface area contributed by atoms with Crippen LogP contribution >= 0.6 is 0 Å². The molecule has 1 aromatic rings. The molecule has 4 heteroatoms. The lowest BCUT2D eigenvalue weighted by atomic mass is 9.87. The normalized spacial score (nSPS) is 24.6. The number of benzene rings is 1. The third-order valence-electron chi connectivity index (χ3n) is 3.02. The topological polar surface area (TPSA) is 52.6 Å². The minimum absolute atomic E-state index is 0.0228. The Balaban J connectivity index is 2.15. The van der Waals surface area contributed by atoms with Crippen LogP contribution in [0.3, 0.4) is 0 Å². The van der Waals surface area contributed by atoms with E-state index in [1.54, 1.807) is 0 Å². The number of amides is 1. The Morgan fingerprint density at radius 1 is 1.44 bits per heavy atom. The van der Waals surface area contributed by atoms with Gasteiger partial charge in [-0.1, -0.05) is 18.2 Å². The first-order chi connectivity index (χ1) is 7.65. The highest BCUT2D eigenvalue weighted by atomic mass is 16.3. The standard InChI is InChI=1S/C12H16N2O2/c1-12(7-8-15)9-14(13-11(12)16)10-5-3-2-4-6-10/h2-6,15H,7-9H2,1H3,(H,13,16). The van der Waals surface area contributed by atoms with E-state index < -0.39 is 5.41 Å². The van der Waals surface area contributed by atoms with Gasteiger partial charge in [-0.05, 0) is 25.5 Å². The molecule has 1 aliphatic heterocycles. The van der Waals surface area contributed by atoms with E-state index >= 15 is 0 Å². The number of carbonyl (C=O) groups is 1. The fraction of sp³-hybridized carbons (Fsp3) is 0.417. The van der Waals surface area contributed by atoms with Gasteiger partial charge in [0.1, 0.15) is 0 Å². The van der Waals surface area contributed by atoms with Crippen LogP contribution in [0.25, 0.3) is 0 Å². The summed E-state index contributed by atoms with van der Waals surface area (Å²) in [5, 5.41) is 10.8. The second-order valence-electron chi connectivity index (χ2n) is 4.40.